The van der Waals surface area contributed by atoms with Gasteiger partial charge in [-0.15, -0.1) is 0 Å². The third kappa shape index (κ3) is 4.83. The summed E-state index contributed by atoms with van der Waals surface area (Å²) < 4.78 is 5.61. The molecule has 2 nitrogen and oxygen atoms in total. The zero-order chi connectivity index (χ0) is 15.2. The molecule has 0 aliphatic carbocycles. The van der Waals surface area contributed by atoms with Gasteiger partial charge in [-0.3, -0.25) is 4.99 Å². The van der Waals surface area contributed by atoms with E-state index in [0.717, 1.165) is 11.4 Å². The fourth-order valence-corrected chi connectivity index (χ4v) is 2.04. The minimum atomic E-state index is 0.264. The summed E-state index contributed by atoms with van der Waals surface area (Å²) in [5.41, 5.74) is 5.69. The Balaban J connectivity index is 2.09. The molecule has 0 saturated carbocycles. The quantitative estimate of drug-likeness (QED) is 0.673. The van der Waals surface area contributed by atoms with Crippen LogP contribution in [0.3, 0.4) is 0 Å². The summed E-state index contributed by atoms with van der Waals surface area (Å²) in [4.78, 5) is 4.45. The van der Waals surface area contributed by atoms with Crippen LogP contribution in [0.2, 0.25) is 0 Å². The predicted octanol–water partition coefficient (Wildman–Crippen LogP) is 5.39. The highest BCUT2D eigenvalue weighted by atomic mass is 16.5. The van der Waals surface area contributed by atoms with Crippen molar-refractivity contribution in [1.29, 1.82) is 0 Å². The van der Waals surface area contributed by atoms with Crippen LogP contribution in [0.15, 0.2) is 53.5 Å². The van der Waals surface area contributed by atoms with E-state index in [4.69, 9.17) is 4.74 Å². The highest BCUT2D eigenvalue weighted by molar-refractivity contribution is 5.82. The van der Waals surface area contributed by atoms with Crippen LogP contribution in [0.5, 0.6) is 0 Å². The number of hydrogen-bond acceptors (Lipinski definition) is 2. The van der Waals surface area contributed by atoms with Crippen molar-refractivity contribution in [2.24, 2.45) is 4.99 Å². The Morgan fingerprint density at radius 1 is 0.905 bits per heavy atom. The largest absolute Gasteiger partial charge is 0.374 e. The highest BCUT2D eigenvalue weighted by Crippen LogP contribution is 2.23. The standard InChI is InChI=1S/C19H23NO/c1-14(2)20-19-11-9-18(10-12-19)17-7-5-16(6-8-17)13-21-15(3)4/h5-12,15H,13H2,1-4H3. The Hall–Kier alpha value is -1.93. The molecule has 2 heteroatoms. The van der Waals surface area contributed by atoms with Gasteiger partial charge in [0.15, 0.2) is 0 Å². The number of nitrogens with zero attached hydrogens (tertiary/aromatic N) is 1. The minimum absolute atomic E-state index is 0.264. The van der Waals surface area contributed by atoms with Gasteiger partial charge in [-0.05, 0) is 56.5 Å². The van der Waals surface area contributed by atoms with E-state index in [9.17, 15) is 0 Å². The molecular formula is C19H23NO. The molecule has 0 N–H and O–H groups in total. The second-order valence-electron chi connectivity index (χ2n) is 5.66. The van der Waals surface area contributed by atoms with E-state index in [-0.39, 0.29) is 6.10 Å². The van der Waals surface area contributed by atoms with E-state index in [0.29, 0.717) is 6.61 Å². The van der Waals surface area contributed by atoms with Crippen molar-refractivity contribution >= 4 is 11.4 Å². The molecule has 0 amide bonds. The molecule has 0 unspecified atom stereocenters. The summed E-state index contributed by atoms with van der Waals surface area (Å²) in [6, 6.07) is 16.9. The van der Waals surface area contributed by atoms with Crippen molar-refractivity contribution in [3.8, 4) is 11.1 Å². The Morgan fingerprint density at radius 2 is 1.43 bits per heavy atom. The first-order valence-corrected chi connectivity index (χ1v) is 7.37. The molecule has 2 aromatic carbocycles. The molecule has 0 aliphatic heterocycles. The van der Waals surface area contributed by atoms with Crippen LogP contribution in [0, 0.1) is 0 Å². The maximum absolute atomic E-state index is 5.61. The third-order valence-electron chi connectivity index (χ3n) is 3.09. The van der Waals surface area contributed by atoms with E-state index < -0.39 is 0 Å². The molecule has 2 aromatic rings. The summed E-state index contributed by atoms with van der Waals surface area (Å²) in [5.74, 6) is 0. The van der Waals surface area contributed by atoms with Crippen molar-refractivity contribution in [3.63, 3.8) is 0 Å². The Labute approximate surface area is 127 Å². The molecule has 0 heterocycles. The van der Waals surface area contributed by atoms with Crippen LogP contribution >= 0.6 is 0 Å². The number of ether oxygens (including phenoxy) is 1. The number of rotatable bonds is 5. The molecule has 0 atom stereocenters. The van der Waals surface area contributed by atoms with E-state index in [1.165, 1.54) is 16.7 Å². The van der Waals surface area contributed by atoms with Gasteiger partial charge >= 0.3 is 0 Å². The lowest BCUT2D eigenvalue weighted by Gasteiger charge is -2.08. The van der Waals surface area contributed by atoms with Crippen molar-refractivity contribution in [2.45, 2.75) is 40.4 Å². The molecule has 2 rings (SSSR count). The first kappa shape index (κ1) is 15.5. The van der Waals surface area contributed by atoms with Crippen LogP contribution in [0.25, 0.3) is 11.1 Å². The molecular weight excluding hydrogens is 258 g/mol. The summed E-state index contributed by atoms with van der Waals surface area (Å²) in [5, 5.41) is 0. The highest BCUT2D eigenvalue weighted by Gasteiger charge is 2.00. The van der Waals surface area contributed by atoms with Crippen LogP contribution < -0.4 is 0 Å². The smallest absolute Gasteiger partial charge is 0.0720 e. The number of hydrogen-bond donors (Lipinski definition) is 0. The van der Waals surface area contributed by atoms with Gasteiger partial charge in [-0.25, -0.2) is 0 Å². The van der Waals surface area contributed by atoms with Crippen LogP contribution in [0.1, 0.15) is 33.3 Å². The van der Waals surface area contributed by atoms with Crippen molar-refractivity contribution in [1.82, 2.24) is 0 Å². The Bertz CT molecular complexity index is 590. The van der Waals surface area contributed by atoms with E-state index >= 15 is 0 Å². The van der Waals surface area contributed by atoms with E-state index in [1.54, 1.807) is 0 Å². The zero-order valence-corrected chi connectivity index (χ0v) is 13.3. The van der Waals surface area contributed by atoms with Gasteiger partial charge in [0, 0.05) is 5.71 Å². The molecule has 0 fully saturated rings. The molecule has 21 heavy (non-hydrogen) atoms. The summed E-state index contributed by atoms with van der Waals surface area (Å²) in [7, 11) is 0. The summed E-state index contributed by atoms with van der Waals surface area (Å²) >= 11 is 0. The van der Waals surface area contributed by atoms with E-state index in [1.807, 2.05) is 13.8 Å². The van der Waals surface area contributed by atoms with Gasteiger partial charge in [-0.2, -0.15) is 0 Å². The lowest BCUT2D eigenvalue weighted by Crippen LogP contribution is -2.01. The predicted molar refractivity (Wildman–Crippen MR) is 90.2 cm³/mol. The Morgan fingerprint density at radius 3 is 1.90 bits per heavy atom. The van der Waals surface area contributed by atoms with Crippen LogP contribution in [-0.4, -0.2) is 11.8 Å². The monoisotopic (exact) mass is 281 g/mol. The van der Waals surface area contributed by atoms with E-state index in [2.05, 4.69) is 67.4 Å². The van der Waals surface area contributed by atoms with Gasteiger partial charge in [0.2, 0.25) is 0 Å². The fraction of sp³-hybridized carbons (Fsp3) is 0.316. The second-order valence-corrected chi connectivity index (χ2v) is 5.66. The van der Waals surface area contributed by atoms with Gasteiger partial charge in [0.05, 0.1) is 18.4 Å². The van der Waals surface area contributed by atoms with Crippen molar-refractivity contribution < 1.29 is 4.74 Å². The number of aliphatic imine (C=N–C) groups is 1. The second kappa shape index (κ2) is 7.19. The first-order chi connectivity index (χ1) is 10.0. The molecule has 0 radical (unpaired) electrons. The third-order valence-corrected chi connectivity index (χ3v) is 3.09. The fourth-order valence-electron chi connectivity index (χ4n) is 2.04. The minimum Gasteiger partial charge on any atom is -0.374 e. The molecule has 0 spiro atoms. The molecule has 110 valence electrons. The maximum Gasteiger partial charge on any atom is 0.0720 e. The zero-order valence-electron chi connectivity index (χ0n) is 13.3. The lowest BCUT2D eigenvalue weighted by molar-refractivity contribution is 0.0657. The summed E-state index contributed by atoms with van der Waals surface area (Å²) in [6.07, 6.45) is 0.264. The SMILES string of the molecule is CC(C)=Nc1ccc(-c2ccc(COC(C)C)cc2)cc1. The van der Waals surface area contributed by atoms with Gasteiger partial charge in [-0.1, -0.05) is 36.4 Å². The molecule has 0 saturated heterocycles. The van der Waals surface area contributed by atoms with Gasteiger partial charge in [0.1, 0.15) is 0 Å². The Kier molecular flexibility index (Phi) is 5.29. The molecule has 0 aromatic heterocycles. The molecule has 0 aliphatic rings. The van der Waals surface area contributed by atoms with Crippen molar-refractivity contribution in [3.05, 3.63) is 54.1 Å². The van der Waals surface area contributed by atoms with Crippen molar-refractivity contribution in [2.75, 3.05) is 0 Å². The lowest BCUT2D eigenvalue weighted by atomic mass is 10.0. The number of benzene rings is 2. The molecule has 0 bridgehead atoms. The first-order valence-electron chi connectivity index (χ1n) is 7.37. The normalized spacial score (nSPS) is 10.7. The average Bonchev–Trinajstić information content (AvgIpc) is 2.46. The summed E-state index contributed by atoms with van der Waals surface area (Å²) in [6.45, 7) is 8.78. The topological polar surface area (TPSA) is 21.6 Å². The van der Waals surface area contributed by atoms with Gasteiger partial charge < -0.3 is 4.74 Å². The van der Waals surface area contributed by atoms with Crippen LogP contribution in [-0.2, 0) is 11.3 Å². The van der Waals surface area contributed by atoms with Crippen LogP contribution in [0.4, 0.5) is 5.69 Å². The average molecular weight is 281 g/mol. The van der Waals surface area contributed by atoms with Gasteiger partial charge in [0.25, 0.3) is 0 Å². The maximum atomic E-state index is 5.61.